The number of hydrogen-bond acceptors (Lipinski definition) is 5. The van der Waals surface area contributed by atoms with Crippen LogP contribution in [0.2, 0.25) is 0 Å². The molecule has 6 heteroatoms. The summed E-state index contributed by atoms with van der Waals surface area (Å²) in [6, 6.07) is 17.6. The molecular weight excluding hydrogens is 332 g/mol. The zero-order chi connectivity index (χ0) is 17.2. The number of aromatic nitrogens is 1. The van der Waals surface area contributed by atoms with Crippen molar-refractivity contribution in [3.8, 4) is 0 Å². The summed E-state index contributed by atoms with van der Waals surface area (Å²) in [5.41, 5.74) is 9.97. The summed E-state index contributed by atoms with van der Waals surface area (Å²) in [5.74, 6) is -0.336. The molecule has 4 aromatic rings. The van der Waals surface area contributed by atoms with Gasteiger partial charge in [-0.1, -0.05) is 42.5 Å². The van der Waals surface area contributed by atoms with Gasteiger partial charge in [-0.2, -0.15) is 5.10 Å². The first-order valence-corrected chi connectivity index (χ1v) is 8.50. The lowest BCUT2D eigenvalue weighted by Gasteiger charge is -2.02. The van der Waals surface area contributed by atoms with Crippen molar-refractivity contribution in [2.24, 2.45) is 5.10 Å². The fourth-order valence-electron chi connectivity index (χ4n) is 2.69. The number of pyridine rings is 1. The van der Waals surface area contributed by atoms with E-state index in [-0.39, 0.29) is 5.91 Å². The van der Waals surface area contributed by atoms with Crippen LogP contribution >= 0.6 is 11.3 Å². The van der Waals surface area contributed by atoms with Crippen LogP contribution in [-0.2, 0) is 0 Å². The third-order valence-corrected chi connectivity index (χ3v) is 5.03. The predicted molar refractivity (Wildman–Crippen MR) is 103 cm³/mol. The molecule has 1 amide bonds. The van der Waals surface area contributed by atoms with Crippen molar-refractivity contribution < 1.29 is 4.79 Å². The van der Waals surface area contributed by atoms with Crippen LogP contribution in [-0.4, -0.2) is 17.1 Å². The number of nitrogens with one attached hydrogen (secondary N) is 1. The Balaban J connectivity index is 1.58. The highest BCUT2D eigenvalue weighted by molar-refractivity contribution is 7.21. The fraction of sp³-hybridized carbons (Fsp3) is 0. The molecule has 2 aromatic carbocycles. The van der Waals surface area contributed by atoms with Gasteiger partial charge in [-0.25, -0.2) is 10.4 Å². The average molecular weight is 346 g/mol. The Kier molecular flexibility index (Phi) is 3.87. The van der Waals surface area contributed by atoms with Crippen LogP contribution in [0.25, 0.3) is 21.0 Å². The number of nitrogen functional groups attached to an aromatic ring is 1. The summed E-state index contributed by atoms with van der Waals surface area (Å²) in [7, 11) is 0. The second-order valence-electron chi connectivity index (χ2n) is 5.47. The highest BCUT2D eigenvalue weighted by atomic mass is 32.1. The van der Waals surface area contributed by atoms with Gasteiger partial charge in [0.2, 0.25) is 0 Å². The van der Waals surface area contributed by atoms with E-state index in [2.05, 4.69) is 15.5 Å². The Bertz CT molecular complexity index is 1110. The van der Waals surface area contributed by atoms with Gasteiger partial charge in [0.25, 0.3) is 5.91 Å². The average Bonchev–Trinajstić information content (AvgIpc) is 2.99. The maximum Gasteiger partial charge on any atom is 0.283 e. The number of fused-ring (bicyclic) bond motifs is 2. The molecule has 25 heavy (non-hydrogen) atoms. The molecule has 2 aromatic heterocycles. The molecule has 0 unspecified atom stereocenters. The van der Waals surface area contributed by atoms with Crippen molar-refractivity contribution in [1.29, 1.82) is 0 Å². The van der Waals surface area contributed by atoms with Gasteiger partial charge in [0.15, 0.2) is 0 Å². The molecule has 0 atom stereocenters. The van der Waals surface area contributed by atoms with E-state index in [9.17, 15) is 4.79 Å². The number of benzene rings is 2. The first kappa shape index (κ1) is 15.3. The number of hydrazone groups is 1. The molecule has 0 saturated heterocycles. The van der Waals surface area contributed by atoms with E-state index in [1.165, 1.54) is 11.3 Å². The zero-order valence-corrected chi connectivity index (χ0v) is 14.0. The number of amides is 1. The molecule has 0 saturated carbocycles. The maximum atomic E-state index is 12.4. The third-order valence-electron chi connectivity index (χ3n) is 3.90. The minimum Gasteiger partial charge on any atom is -0.397 e. The van der Waals surface area contributed by atoms with Crippen molar-refractivity contribution >= 4 is 50.1 Å². The molecule has 122 valence electrons. The van der Waals surface area contributed by atoms with Crippen molar-refractivity contribution in [2.45, 2.75) is 0 Å². The Morgan fingerprint density at radius 2 is 1.88 bits per heavy atom. The lowest BCUT2D eigenvalue weighted by molar-refractivity contribution is 0.0960. The maximum absolute atomic E-state index is 12.4. The number of carbonyl (C=O) groups is 1. The number of carbonyl (C=O) groups excluding carboxylic acids is 1. The van der Waals surface area contributed by atoms with E-state index in [1.807, 2.05) is 48.5 Å². The Morgan fingerprint density at radius 3 is 2.76 bits per heavy atom. The van der Waals surface area contributed by atoms with E-state index in [0.29, 0.717) is 10.6 Å². The van der Waals surface area contributed by atoms with Crippen LogP contribution < -0.4 is 11.2 Å². The van der Waals surface area contributed by atoms with Crippen molar-refractivity contribution in [2.75, 3.05) is 5.73 Å². The van der Waals surface area contributed by atoms with Gasteiger partial charge < -0.3 is 5.73 Å². The lowest BCUT2D eigenvalue weighted by Crippen LogP contribution is -2.17. The number of thiophene rings is 1. The summed E-state index contributed by atoms with van der Waals surface area (Å²) in [6.07, 6.45) is 3.32. The van der Waals surface area contributed by atoms with Gasteiger partial charge in [-0.15, -0.1) is 11.3 Å². The van der Waals surface area contributed by atoms with Gasteiger partial charge in [-0.3, -0.25) is 4.79 Å². The number of nitrogens with two attached hydrogens (primary N) is 1. The zero-order valence-electron chi connectivity index (χ0n) is 13.1. The summed E-state index contributed by atoms with van der Waals surface area (Å²) in [5, 5.41) is 7.07. The normalized spacial score (nSPS) is 11.4. The largest absolute Gasteiger partial charge is 0.397 e. The molecule has 0 fully saturated rings. The van der Waals surface area contributed by atoms with E-state index < -0.39 is 0 Å². The Morgan fingerprint density at radius 1 is 1.08 bits per heavy atom. The minimum atomic E-state index is -0.336. The number of nitrogens with zero attached hydrogens (tertiary/aromatic N) is 2. The standard InChI is InChI=1S/C19H14N4OS/c20-16-15-9-4-10-21-19(15)25-17(16)18(24)23-22-11-13-7-3-6-12-5-1-2-8-14(12)13/h1-11H,20H2,(H,23,24)/b22-11+. The SMILES string of the molecule is Nc1c(C(=O)N/N=C/c2cccc3ccccc23)sc2ncccc12. The quantitative estimate of drug-likeness (QED) is 0.437. The fourth-order valence-corrected chi connectivity index (χ4v) is 3.65. The molecule has 5 nitrogen and oxygen atoms in total. The van der Waals surface area contributed by atoms with Crippen molar-refractivity contribution in [1.82, 2.24) is 10.4 Å². The van der Waals surface area contributed by atoms with Crippen LogP contribution in [0.15, 0.2) is 65.9 Å². The molecule has 0 radical (unpaired) electrons. The topological polar surface area (TPSA) is 80.4 Å². The number of rotatable bonds is 3. The van der Waals surface area contributed by atoms with Gasteiger partial charge >= 0.3 is 0 Å². The van der Waals surface area contributed by atoms with Gasteiger partial charge in [0, 0.05) is 17.1 Å². The first-order valence-electron chi connectivity index (χ1n) is 7.68. The minimum absolute atomic E-state index is 0.336. The van der Waals surface area contributed by atoms with E-state index in [1.54, 1.807) is 18.5 Å². The molecule has 0 aliphatic heterocycles. The smallest absolute Gasteiger partial charge is 0.283 e. The summed E-state index contributed by atoms with van der Waals surface area (Å²) in [4.78, 5) is 17.8. The summed E-state index contributed by atoms with van der Waals surface area (Å²) < 4.78 is 0. The third kappa shape index (κ3) is 2.83. The number of anilines is 1. The molecule has 4 rings (SSSR count). The van der Waals surface area contributed by atoms with Crippen LogP contribution in [0.1, 0.15) is 15.2 Å². The second kappa shape index (κ2) is 6.33. The van der Waals surface area contributed by atoms with E-state index >= 15 is 0 Å². The van der Waals surface area contributed by atoms with E-state index in [4.69, 9.17) is 5.73 Å². The predicted octanol–water partition coefficient (Wildman–Crippen LogP) is 3.80. The van der Waals surface area contributed by atoms with Crippen LogP contribution in [0.4, 0.5) is 5.69 Å². The van der Waals surface area contributed by atoms with Gasteiger partial charge in [0.1, 0.15) is 9.71 Å². The van der Waals surface area contributed by atoms with E-state index in [0.717, 1.165) is 26.6 Å². The molecule has 0 spiro atoms. The highest BCUT2D eigenvalue weighted by Gasteiger charge is 2.16. The van der Waals surface area contributed by atoms with Crippen molar-refractivity contribution in [3.05, 3.63) is 71.2 Å². The Labute approximate surface area is 147 Å². The molecular formula is C19H14N4OS. The highest BCUT2D eigenvalue weighted by Crippen LogP contribution is 2.31. The summed E-state index contributed by atoms with van der Waals surface area (Å²) >= 11 is 1.26. The summed E-state index contributed by atoms with van der Waals surface area (Å²) in [6.45, 7) is 0. The second-order valence-corrected chi connectivity index (χ2v) is 6.47. The van der Waals surface area contributed by atoms with Gasteiger partial charge in [0.05, 0.1) is 11.9 Å². The molecule has 0 bridgehead atoms. The first-order chi connectivity index (χ1) is 12.2. The molecule has 3 N–H and O–H groups in total. The number of hydrogen-bond donors (Lipinski definition) is 2. The molecule has 2 heterocycles. The lowest BCUT2D eigenvalue weighted by atomic mass is 10.1. The van der Waals surface area contributed by atoms with Gasteiger partial charge in [-0.05, 0) is 22.9 Å². The van der Waals surface area contributed by atoms with Crippen LogP contribution in [0.3, 0.4) is 0 Å². The van der Waals surface area contributed by atoms with Crippen LogP contribution in [0.5, 0.6) is 0 Å². The van der Waals surface area contributed by atoms with Crippen molar-refractivity contribution in [3.63, 3.8) is 0 Å². The molecule has 0 aliphatic rings. The molecule has 0 aliphatic carbocycles. The monoisotopic (exact) mass is 346 g/mol. The van der Waals surface area contributed by atoms with Crippen LogP contribution in [0, 0.1) is 0 Å². The Hall–Kier alpha value is -3.25.